The first-order valence-electron chi connectivity index (χ1n) is 8.71. The van der Waals surface area contributed by atoms with E-state index >= 15 is 0 Å². The van der Waals surface area contributed by atoms with Crippen molar-refractivity contribution in [1.29, 1.82) is 0 Å². The van der Waals surface area contributed by atoms with Crippen LogP contribution in [0.3, 0.4) is 0 Å². The lowest BCUT2D eigenvalue weighted by atomic mass is 9.92. The Labute approximate surface area is 144 Å². The quantitative estimate of drug-likeness (QED) is 0.915. The van der Waals surface area contributed by atoms with Crippen LogP contribution >= 0.6 is 0 Å². The summed E-state index contributed by atoms with van der Waals surface area (Å²) in [5, 5.41) is 3.68. The Balaban J connectivity index is 1.70. The smallest absolute Gasteiger partial charge is 0.137 e. The zero-order chi connectivity index (χ0) is 16.9. The molecule has 0 spiro atoms. The zero-order valence-corrected chi connectivity index (χ0v) is 14.8. The molecule has 4 nitrogen and oxygen atoms in total. The van der Waals surface area contributed by atoms with Gasteiger partial charge in [0.1, 0.15) is 5.75 Å². The first-order valence-corrected chi connectivity index (χ1v) is 8.71. The van der Waals surface area contributed by atoms with E-state index in [-0.39, 0.29) is 0 Å². The van der Waals surface area contributed by atoms with Crippen molar-refractivity contribution < 1.29 is 4.74 Å². The molecule has 1 aromatic heterocycles. The van der Waals surface area contributed by atoms with Crippen molar-refractivity contribution >= 4 is 0 Å². The Morgan fingerprint density at radius 2 is 2.08 bits per heavy atom. The molecule has 24 heavy (non-hydrogen) atoms. The number of aromatic nitrogens is 1. The van der Waals surface area contributed by atoms with Gasteiger partial charge < -0.3 is 10.1 Å². The monoisotopic (exact) mass is 325 g/mol. The number of methoxy groups -OCH3 is 1. The van der Waals surface area contributed by atoms with Crippen molar-refractivity contribution in [2.24, 2.45) is 0 Å². The molecule has 2 aromatic rings. The maximum absolute atomic E-state index is 5.18. The van der Waals surface area contributed by atoms with Crippen LogP contribution in [-0.4, -0.2) is 36.6 Å². The maximum atomic E-state index is 5.18. The summed E-state index contributed by atoms with van der Waals surface area (Å²) in [5.74, 6) is 1.35. The van der Waals surface area contributed by atoms with Crippen LogP contribution in [0, 0.1) is 0 Å². The maximum Gasteiger partial charge on any atom is 0.137 e. The van der Waals surface area contributed by atoms with Crippen LogP contribution in [0.4, 0.5) is 0 Å². The summed E-state index contributed by atoms with van der Waals surface area (Å²) in [7, 11) is 1.67. The predicted molar refractivity (Wildman–Crippen MR) is 97.3 cm³/mol. The lowest BCUT2D eigenvalue weighted by Crippen LogP contribution is -2.45. The molecule has 1 atom stereocenters. The van der Waals surface area contributed by atoms with Gasteiger partial charge in [0.15, 0.2) is 0 Å². The highest BCUT2D eigenvalue weighted by atomic mass is 16.5. The van der Waals surface area contributed by atoms with Gasteiger partial charge in [0.25, 0.3) is 0 Å². The number of rotatable bonds is 5. The molecular weight excluding hydrogens is 298 g/mol. The SMILES string of the molecule is COc1ccc(CN2CCN[C@H](c3ccccc3C(C)C)C2)nc1. The van der Waals surface area contributed by atoms with E-state index in [0.717, 1.165) is 37.6 Å². The van der Waals surface area contributed by atoms with E-state index in [9.17, 15) is 0 Å². The molecule has 1 aliphatic heterocycles. The standard InChI is InChI=1S/C20H27N3O/c1-15(2)18-6-4-5-7-19(18)20-14-23(11-10-21-20)13-16-8-9-17(24-3)12-22-16/h4-9,12,15,20-21H,10-11,13-14H2,1-3H3/t20-/m0/s1. The lowest BCUT2D eigenvalue weighted by molar-refractivity contribution is 0.190. The van der Waals surface area contributed by atoms with Crippen molar-refractivity contribution in [2.45, 2.75) is 32.4 Å². The van der Waals surface area contributed by atoms with Gasteiger partial charge in [-0.1, -0.05) is 38.1 Å². The normalized spacial score (nSPS) is 18.8. The van der Waals surface area contributed by atoms with Crippen molar-refractivity contribution in [1.82, 2.24) is 15.2 Å². The fraction of sp³-hybridized carbons (Fsp3) is 0.450. The Morgan fingerprint density at radius 3 is 2.79 bits per heavy atom. The average molecular weight is 325 g/mol. The number of piperazine rings is 1. The van der Waals surface area contributed by atoms with Crippen LogP contribution in [0.2, 0.25) is 0 Å². The average Bonchev–Trinajstić information content (AvgIpc) is 2.62. The van der Waals surface area contributed by atoms with Gasteiger partial charge in [-0.15, -0.1) is 0 Å². The van der Waals surface area contributed by atoms with Gasteiger partial charge in [-0.2, -0.15) is 0 Å². The number of hydrogen-bond donors (Lipinski definition) is 1. The van der Waals surface area contributed by atoms with Crippen LogP contribution in [-0.2, 0) is 6.54 Å². The molecule has 1 aromatic carbocycles. The molecule has 0 amide bonds. The van der Waals surface area contributed by atoms with E-state index in [1.807, 2.05) is 6.07 Å². The first-order chi connectivity index (χ1) is 11.7. The van der Waals surface area contributed by atoms with Crippen LogP contribution in [0.25, 0.3) is 0 Å². The molecule has 128 valence electrons. The van der Waals surface area contributed by atoms with Crippen LogP contribution in [0.1, 0.15) is 42.6 Å². The predicted octanol–water partition coefficient (Wildman–Crippen LogP) is 3.36. The van der Waals surface area contributed by atoms with Gasteiger partial charge in [0, 0.05) is 32.2 Å². The summed E-state index contributed by atoms with van der Waals surface area (Å²) >= 11 is 0. The summed E-state index contributed by atoms with van der Waals surface area (Å²) in [4.78, 5) is 6.98. The van der Waals surface area contributed by atoms with Gasteiger partial charge in [-0.25, -0.2) is 0 Å². The summed E-state index contributed by atoms with van der Waals surface area (Å²) in [6.45, 7) is 8.48. The second kappa shape index (κ2) is 7.77. The van der Waals surface area contributed by atoms with E-state index in [2.05, 4.69) is 59.4 Å². The molecule has 1 fully saturated rings. The number of pyridine rings is 1. The van der Waals surface area contributed by atoms with E-state index in [4.69, 9.17) is 4.74 Å². The number of ether oxygens (including phenoxy) is 1. The number of benzene rings is 1. The van der Waals surface area contributed by atoms with Crippen LogP contribution in [0.5, 0.6) is 5.75 Å². The Morgan fingerprint density at radius 1 is 1.25 bits per heavy atom. The first kappa shape index (κ1) is 16.9. The molecule has 2 heterocycles. The number of nitrogens with zero attached hydrogens (tertiary/aromatic N) is 2. The third-order valence-electron chi connectivity index (χ3n) is 4.67. The molecular formula is C20H27N3O. The highest BCUT2D eigenvalue weighted by Crippen LogP contribution is 2.27. The van der Waals surface area contributed by atoms with E-state index < -0.39 is 0 Å². The Bertz CT molecular complexity index is 654. The second-order valence-electron chi connectivity index (χ2n) is 6.71. The zero-order valence-electron chi connectivity index (χ0n) is 14.8. The van der Waals surface area contributed by atoms with Gasteiger partial charge in [-0.05, 0) is 29.2 Å². The van der Waals surface area contributed by atoms with Crippen molar-refractivity contribution in [3.8, 4) is 5.75 Å². The van der Waals surface area contributed by atoms with Crippen LogP contribution < -0.4 is 10.1 Å². The largest absolute Gasteiger partial charge is 0.495 e. The number of hydrogen-bond acceptors (Lipinski definition) is 4. The minimum atomic E-state index is 0.385. The molecule has 0 saturated carbocycles. The van der Waals surface area contributed by atoms with Crippen molar-refractivity contribution in [3.63, 3.8) is 0 Å². The molecule has 1 aliphatic rings. The molecule has 0 aliphatic carbocycles. The lowest BCUT2D eigenvalue weighted by Gasteiger charge is -2.35. The van der Waals surface area contributed by atoms with Gasteiger partial charge in [0.2, 0.25) is 0 Å². The Kier molecular flexibility index (Phi) is 5.48. The highest BCUT2D eigenvalue weighted by Gasteiger charge is 2.23. The topological polar surface area (TPSA) is 37.4 Å². The second-order valence-corrected chi connectivity index (χ2v) is 6.71. The third kappa shape index (κ3) is 3.94. The molecule has 3 rings (SSSR count). The van der Waals surface area contributed by atoms with Gasteiger partial charge >= 0.3 is 0 Å². The van der Waals surface area contributed by atoms with Gasteiger partial charge in [0.05, 0.1) is 19.0 Å². The molecule has 0 radical (unpaired) electrons. The summed E-state index contributed by atoms with van der Waals surface area (Å²) in [5.41, 5.74) is 3.97. The van der Waals surface area contributed by atoms with Gasteiger partial charge in [-0.3, -0.25) is 9.88 Å². The molecule has 1 N–H and O–H groups in total. The van der Waals surface area contributed by atoms with Crippen molar-refractivity contribution in [3.05, 3.63) is 59.4 Å². The van der Waals surface area contributed by atoms with E-state index in [0.29, 0.717) is 12.0 Å². The highest BCUT2D eigenvalue weighted by molar-refractivity contribution is 5.33. The van der Waals surface area contributed by atoms with E-state index in [1.165, 1.54) is 11.1 Å². The molecule has 0 unspecified atom stereocenters. The minimum absolute atomic E-state index is 0.385. The summed E-state index contributed by atoms with van der Waals surface area (Å²) in [6.07, 6.45) is 1.79. The summed E-state index contributed by atoms with van der Waals surface area (Å²) < 4.78 is 5.18. The van der Waals surface area contributed by atoms with Crippen LogP contribution in [0.15, 0.2) is 42.6 Å². The minimum Gasteiger partial charge on any atom is -0.495 e. The van der Waals surface area contributed by atoms with Crippen molar-refractivity contribution in [2.75, 3.05) is 26.7 Å². The molecule has 1 saturated heterocycles. The fourth-order valence-corrected chi connectivity index (χ4v) is 3.37. The number of nitrogens with one attached hydrogen (secondary N) is 1. The fourth-order valence-electron chi connectivity index (χ4n) is 3.37. The third-order valence-corrected chi connectivity index (χ3v) is 4.67. The van der Waals surface area contributed by atoms with E-state index in [1.54, 1.807) is 13.3 Å². The molecule has 4 heteroatoms. The Hall–Kier alpha value is -1.91. The summed E-state index contributed by atoms with van der Waals surface area (Å²) in [6, 6.07) is 13.2. The molecule has 0 bridgehead atoms.